The number of hydrogen-bond acceptors (Lipinski definition) is 4. The highest BCUT2D eigenvalue weighted by atomic mass is 32.1. The standard InChI is InChI=1S/C53H36N4S/c1-2-34-27-29-43-42-21-9-11-25-46(42)57(47(43)31-34)48-33-39(28-30-40(48)35-15-5-3-6-16-35)53-55-51(36-17-7-4-8-18-36)54-52(56-53)38-20-13-19-37(32-38)41-23-14-24-45-44-22-10-12-26-49(44)58-50(41)45/h3-33H,2H2,1H3. The van der Waals surface area contributed by atoms with Crippen molar-refractivity contribution in [2.45, 2.75) is 13.3 Å². The molecule has 11 aromatic rings. The van der Waals surface area contributed by atoms with Crippen LogP contribution in [0.15, 0.2) is 188 Å². The van der Waals surface area contributed by atoms with Crippen molar-refractivity contribution in [2.24, 2.45) is 0 Å². The van der Waals surface area contributed by atoms with Gasteiger partial charge in [0.2, 0.25) is 0 Å². The number of nitrogens with zero attached hydrogens (tertiary/aromatic N) is 4. The van der Waals surface area contributed by atoms with Crippen molar-refractivity contribution in [1.82, 2.24) is 19.5 Å². The first-order valence-electron chi connectivity index (χ1n) is 19.7. The van der Waals surface area contributed by atoms with Crippen molar-refractivity contribution in [3.8, 4) is 62.1 Å². The Labute approximate surface area is 340 Å². The van der Waals surface area contributed by atoms with Gasteiger partial charge >= 0.3 is 0 Å². The fourth-order valence-electron chi connectivity index (χ4n) is 8.36. The van der Waals surface area contributed by atoms with E-state index in [1.165, 1.54) is 47.6 Å². The fraction of sp³-hybridized carbons (Fsp3) is 0.0377. The zero-order valence-corrected chi connectivity index (χ0v) is 32.6. The normalized spacial score (nSPS) is 11.6. The van der Waals surface area contributed by atoms with Gasteiger partial charge in [0.1, 0.15) is 0 Å². The summed E-state index contributed by atoms with van der Waals surface area (Å²) in [6, 6.07) is 67.0. The molecule has 0 saturated carbocycles. The van der Waals surface area contributed by atoms with Crippen LogP contribution in [0.5, 0.6) is 0 Å². The average Bonchev–Trinajstić information content (AvgIpc) is 3.85. The highest BCUT2D eigenvalue weighted by molar-refractivity contribution is 7.26. The molecule has 274 valence electrons. The molecule has 3 heterocycles. The summed E-state index contributed by atoms with van der Waals surface area (Å²) in [6.07, 6.45) is 0.958. The van der Waals surface area contributed by atoms with Crippen molar-refractivity contribution >= 4 is 53.3 Å². The Kier molecular flexibility index (Phi) is 8.26. The van der Waals surface area contributed by atoms with Gasteiger partial charge < -0.3 is 4.57 Å². The molecule has 0 bridgehead atoms. The SMILES string of the molecule is CCc1ccc2c3ccccc3n(-c3cc(-c4nc(-c5ccccc5)nc(-c5cccc(-c6cccc7c6sc6ccccc67)c5)n4)ccc3-c3ccccc3)c2c1. The van der Waals surface area contributed by atoms with Crippen LogP contribution in [0.2, 0.25) is 0 Å². The molecule has 58 heavy (non-hydrogen) atoms. The van der Waals surface area contributed by atoms with E-state index < -0.39 is 0 Å². The van der Waals surface area contributed by atoms with E-state index in [9.17, 15) is 0 Å². The lowest BCUT2D eigenvalue weighted by Gasteiger charge is -2.16. The Balaban J connectivity index is 1.12. The monoisotopic (exact) mass is 760 g/mol. The first-order valence-corrected chi connectivity index (χ1v) is 20.6. The lowest BCUT2D eigenvalue weighted by Crippen LogP contribution is -2.02. The van der Waals surface area contributed by atoms with Gasteiger partial charge in [-0.25, -0.2) is 15.0 Å². The first kappa shape index (κ1) is 34.1. The summed E-state index contributed by atoms with van der Waals surface area (Å²) in [6.45, 7) is 2.22. The van der Waals surface area contributed by atoms with E-state index >= 15 is 0 Å². The Morgan fingerprint density at radius 3 is 1.81 bits per heavy atom. The van der Waals surface area contributed by atoms with Crippen molar-refractivity contribution in [2.75, 3.05) is 0 Å². The number of hydrogen-bond donors (Lipinski definition) is 0. The lowest BCUT2D eigenvalue weighted by molar-refractivity contribution is 1.07. The average molecular weight is 761 g/mol. The van der Waals surface area contributed by atoms with Crippen molar-refractivity contribution in [3.05, 3.63) is 194 Å². The quantitative estimate of drug-likeness (QED) is 0.162. The van der Waals surface area contributed by atoms with Crippen LogP contribution >= 0.6 is 11.3 Å². The van der Waals surface area contributed by atoms with E-state index in [1.807, 2.05) is 29.5 Å². The van der Waals surface area contributed by atoms with E-state index in [0.29, 0.717) is 17.5 Å². The predicted molar refractivity (Wildman–Crippen MR) is 244 cm³/mol. The maximum Gasteiger partial charge on any atom is 0.164 e. The highest BCUT2D eigenvalue weighted by Gasteiger charge is 2.20. The molecule has 0 aliphatic carbocycles. The lowest BCUT2D eigenvalue weighted by atomic mass is 10.00. The molecule has 0 amide bonds. The molecule has 5 heteroatoms. The van der Waals surface area contributed by atoms with Crippen LogP contribution in [-0.4, -0.2) is 19.5 Å². The van der Waals surface area contributed by atoms with Gasteiger partial charge in [0.15, 0.2) is 17.5 Å². The van der Waals surface area contributed by atoms with E-state index in [4.69, 9.17) is 15.0 Å². The summed E-state index contributed by atoms with van der Waals surface area (Å²) in [5.74, 6) is 1.89. The van der Waals surface area contributed by atoms with Crippen LogP contribution in [0.4, 0.5) is 0 Å². The molecule has 0 aliphatic rings. The van der Waals surface area contributed by atoms with Gasteiger partial charge in [-0.3, -0.25) is 0 Å². The molecule has 0 aliphatic heterocycles. The summed E-state index contributed by atoms with van der Waals surface area (Å²) in [5.41, 5.74) is 12.1. The molecule has 0 spiro atoms. The van der Waals surface area contributed by atoms with Gasteiger partial charge in [-0.15, -0.1) is 11.3 Å². The van der Waals surface area contributed by atoms with Crippen LogP contribution in [-0.2, 0) is 6.42 Å². The molecule has 0 fully saturated rings. The predicted octanol–water partition coefficient (Wildman–Crippen LogP) is 14.2. The van der Waals surface area contributed by atoms with Gasteiger partial charge in [0.05, 0.1) is 16.7 Å². The summed E-state index contributed by atoms with van der Waals surface area (Å²) in [5, 5.41) is 5.03. The zero-order valence-electron chi connectivity index (χ0n) is 31.8. The van der Waals surface area contributed by atoms with Gasteiger partial charge in [-0.05, 0) is 59.0 Å². The third kappa shape index (κ3) is 5.78. The second kappa shape index (κ2) is 14.1. The molecule has 8 aromatic carbocycles. The number of fused-ring (bicyclic) bond motifs is 6. The van der Waals surface area contributed by atoms with E-state index in [-0.39, 0.29) is 0 Å². The summed E-state index contributed by atoms with van der Waals surface area (Å²) in [7, 11) is 0. The molecule has 0 N–H and O–H groups in total. The highest BCUT2D eigenvalue weighted by Crippen LogP contribution is 2.42. The van der Waals surface area contributed by atoms with Crippen LogP contribution < -0.4 is 0 Å². The van der Waals surface area contributed by atoms with Crippen LogP contribution in [0.25, 0.3) is 104 Å². The molecular formula is C53H36N4S. The molecule has 3 aromatic heterocycles. The Morgan fingerprint density at radius 1 is 0.414 bits per heavy atom. The second-order valence-electron chi connectivity index (χ2n) is 14.7. The second-order valence-corrected chi connectivity index (χ2v) is 15.7. The minimum absolute atomic E-state index is 0.622. The Morgan fingerprint density at radius 2 is 1.02 bits per heavy atom. The first-order chi connectivity index (χ1) is 28.7. The smallest absolute Gasteiger partial charge is 0.164 e. The van der Waals surface area contributed by atoms with Crippen molar-refractivity contribution < 1.29 is 0 Å². The molecule has 4 nitrogen and oxygen atoms in total. The topological polar surface area (TPSA) is 43.6 Å². The van der Waals surface area contributed by atoms with Crippen molar-refractivity contribution in [3.63, 3.8) is 0 Å². The van der Waals surface area contributed by atoms with Crippen LogP contribution in [0.3, 0.4) is 0 Å². The number of benzene rings is 8. The van der Waals surface area contributed by atoms with Gasteiger partial charge in [-0.2, -0.15) is 0 Å². The van der Waals surface area contributed by atoms with Gasteiger partial charge in [0.25, 0.3) is 0 Å². The largest absolute Gasteiger partial charge is 0.309 e. The molecule has 0 unspecified atom stereocenters. The third-order valence-electron chi connectivity index (χ3n) is 11.2. The third-order valence-corrected chi connectivity index (χ3v) is 12.5. The molecule has 11 rings (SSSR count). The maximum absolute atomic E-state index is 5.28. The molecule has 0 atom stereocenters. The van der Waals surface area contributed by atoms with Gasteiger partial charge in [0, 0.05) is 53.2 Å². The van der Waals surface area contributed by atoms with E-state index in [1.54, 1.807) is 0 Å². The van der Waals surface area contributed by atoms with E-state index in [0.717, 1.165) is 51.0 Å². The number of para-hydroxylation sites is 1. The zero-order chi connectivity index (χ0) is 38.6. The fourth-order valence-corrected chi connectivity index (χ4v) is 9.60. The van der Waals surface area contributed by atoms with Crippen LogP contribution in [0, 0.1) is 0 Å². The Bertz CT molecular complexity index is 3330. The summed E-state index contributed by atoms with van der Waals surface area (Å²) < 4.78 is 5.00. The van der Waals surface area contributed by atoms with Gasteiger partial charge in [-0.1, -0.05) is 165 Å². The molecule has 0 radical (unpaired) electrons. The number of thiophene rings is 1. The maximum atomic E-state index is 5.28. The summed E-state index contributed by atoms with van der Waals surface area (Å²) >= 11 is 1.84. The number of aryl methyl sites for hydroxylation is 1. The van der Waals surface area contributed by atoms with Crippen molar-refractivity contribution in [1.29, 1.82) is 0 Å². The Hall–Kier alpha value is -7.21. The van der Waals surface area contributed by atoms with Crippen LogP contribution in [0.1, 0.15) is 12.5 Å². The molecular weight excluding hydrogens is 725 g/mol. The number of rotatable bonds is 7. The molecule has 0 saturated heterocycles. The minimum atomic E-state index is 0.622. The summed E-state index contributed by atoms with van der Waals surface area (Å²) in [4.78, 5) is 15.6. The number of aromatic nitrogens is 4. The van der Waals surface area contributed by atoms with E-state index in [2.05, 4.69) is 181 Å². The minimum Gasteiger partial charge on any atom is -0.309 e.